The first kappa shape index (κ1) is 15.1. The smallest absolute Gasteiger partial charge is 0.254 e. The number of benzene rings is 2. The van der Waals surface area contributed by atoms with Crippen molar-refractivity contribution in [3.05, 3.63) is 64.7 Å². The Morgan fingerprint density at radius 2 is 1.86 bits per heavy atom. The minimum absolute atomic E-state index is 0.0533. The van der Waals surface area contributed by atoms with Crippen LogP contribution < -0.4 is 11.1 Å². The number of anilines is 1. The fourth-order valence-corrected chi connectivity index (χ4v) is 2.39. The van der Waals surface area contributed by atoms with E-state index in [1.165, 1.54) is 5.56 Å². The summed E-state index contributed by atoms with van der Waals surface area (Å²) in [6.45, 7) is 6.00. The van der Waals surface area contributed by atoms with Gasteiger partial charge in [0.25, 0.3) is 5.91 Å². The number of nitrogens with one attached hydrogen (secondary N) is 1. The van der Waals surface area contributed by atoms with Gasteiger partial charge >= 0.3 is 0 Å². The van der Waals surface area contributed by atoms with Crippen molar-refractivity contribution < 1.29 is 4.79 Å². The van der Waals surface area contributed by atoms with E-state index < -0.39 is 0 Å². The number of nitrogens with two attached hydrogens (primary N) is 1. The molecule has 0 radical (unpaired) electrons. The van der Waals surface area contributed by atoms with Crippen LogP contribution >= 0.6 is 0 Å². The molecule has 0 spiro atoms. The zero-order chi connectivity index (χ0) is 15.4. The van der Waals surface area contributed by atoms with E-state index in [9.17, 15) is 4.79 Å². The predicted octanol–water partition coefficient (Wildman–Crippen LogP) is 3.63. The maximum atomic E-state index is 12.4. The lowest BCUT2D eigenvalue weighted by Crippen LogP contribution is -2.28. The molecule has 1 atom stereocenters. The molecule has 0 aliphatic carbocycles. The predicted molar refractivity (Wildman–Crippen MR) is 87.3 cm³/mol. The van der Waals surface area contributed by atoms with Crippen LogP contribution in [0.2, 0.25) is 0 Å². The molecule has 1 unspecified atom stereocenters. The first-order chi connectivity index (χ1) is 10.0. The van der Waals surface area contributed by atoms with Crippen molar-refractivity contribution >= 4 is 11.6 Å². The number of carbonyl (C=O) groups excluding carboxylic acids is 1. The molecule has 0 saturated carbocycles. The Balaban J connectivity index is 2.15. The number of hydrogen-bond acceptors (Lipinski definition) is 2. The largest absolute Gasteiger partial charge is 0.398 e. The normalized spacial score (nSPS) is 12.0. The molecule has 3 N–H and O–H groups in total. The van der Waals surface area contributed by atoms with Crippen LogP contribution in [0.4, 0.5) is 5.69 Å². The van der Waals surface area contributed by atoms with Crippen molar-refractivity contribution in [3.8, 4) is 0 Å². The van der Waals surface area contributed by atoms with Crippen molar-refractivity contribution in [1.29, 1.82) is 0 Å². The molecule has 0 aliphatic rings. The van der Waals surface area contributed by atoms with Crippen LogP contribution in [-0.2, 0) is 6.42 Å². The fourth-order valence-electron chi connectivity index (χ4n) is 2.39. The molecule has 0 bridgehead atoms. The quantitative estimate of drug-likeness (QED) is 0.841. The van der Waals surface area contributed by atoms with Gasteiger partial charge in [0.2, 0.25) is 0 Å². The maximum Gasteiger partial charge on any atom is 0.254 e. The van der Waals surface area contributed by atoms with E-state index in [0.29, 0.717) is 11.3 Å². The Morgan fingerprint density at radius 3 is 2.43 bits per heavy atom. The van der Waals surface area contributed by atoms with Gasteiger partial charge in [0.15, 0.2) is 0 Å². The summed E-state index contributed by atoms with van der Waals surface area (Å²) in [5.41, 5.74) is 10.3. The zero-order valence-corrected chi connectivity index (χ0v) is 12.8. The van der Waals surface area contributed by atoms with Gasteiger partial charge in [0, 0.05) is 5.69 Å². The lowest BCUT2D eigenvalue weighted by molar-refractivity contribution is 0.0940. The molecule has 2 aromatic carbocycles. The van der Waals surface area contributed by atoms with Crippen molar-refractivity contribution in [2.24, 2.45) is 0 Å². The standard InChI is InChI=1S/C18H22N2O/c1-4-14-8-10-15(11-9-14)13(3)20-18(21)17-12(2)6-5-7-16(17)19/h5-11,13H,4,19H2,1-3H3,(H,20,21). The van der Waals surface area contributed by atoms with E-state index in [0.717, 1.165) is 17.5 Å². The average Bonchev–Trinajstić information content (AvgIpc) is 2.47. The molecule has 2 rings (SSSR count). The second-order valence-corrected chi connectivity index (χ2v) is 5.33. The van der Waals surface area contributed by atoms with E-state index >= 15 is 0 Å². The van der Waals surface area contributed by atoms with Gasteiger partial charge < -0.3 is 11.1 Å². The molecule has 1 amide bonds. The Labute approximate surface area is 126 Å². The van der Waals surface area contributed by atoms with Gasteiger partial charge in [0.1, 0.15) is 0 Å². The van der Waals surface area contributed by atoms with Gasteiger partial charge in [-0.05, 0) is 43.0 Å². The molecular weight excluding hydrogens is 260 g/mol. The molecule has 0 fully saturated rings. The molecule has 0 heterocycles. The van der Waals surface area contributed by atoms with Gasteiger partial charge in [-0.1, -0.05) is 43.3 Å². The van der Waals surface area contributed by atoms with Crippen LogP contribution in [-0.4, -0.2) is 5.91 Å². The van der Waals surface area contributed by atoms with Crippen molar-refractivity contribution in [1.82, 2.24) is 5.32 Å². The van der Waals surface area contributed by atoms with Crippen LogP contribution in [0.5, 0.6) is 0 Å². The first-order valence-corrected chi connectivity index (χ1v) is 7.27. The number of amides is 1. The van der Waals surface area contributed by atoms with Gasteiger partial charge in [-0.2, -0.15) is 0 Å². The van der Waals surface area contributed by atoms with Crippen molar-refractivity contribution in [2.45, 2.75) is 33.2 Å². The molecular formula is C18H22N2O. The number of nitrogen functional groups attached to an aromatic ring is 1. The zero-order valence-electron chi connectivity index (χ0n) is 12.8. The Kier molecular flexibility index (Phi) is 4.63. The van der Waals surface area contributed by atoms with E-state index in [1.54, 1.807) is 6.07 Å². The monoisotopic (exact) mass is 282 g/mol. The van der Waals surface area contributed by atoms with E-state index in [4.69, 9.17) is 5.73 Å². The number of carbonyl (C=O) groups is 1. The van der Waals surface area contributed by atoms with E-state index in [2.05, 4.69) is 36.5 Å². The molecule has 110 valence electrons. The van der Waals surface area contributed by atoms with Gasteiger partial charge in [-0.15, -0.1) is 0 Å². The lowest BCUT2D eigenvalue weighted by Gasteiger charge is -2.16. The number of rotatable bonds is 4. The van der Waals surface area contributed by atoms with Gasteiger partial charge in [-0.25, -0.2) is 0 Å². The summed E-state index contributed by atoms with van der Waals surface area (Å²) in [5, 5.41) is 3.01. The Bertz CT molecular complexity index is 612. The SMILES string of the molecule is CCc1ccc(C(C)NC(=O)c2c(C)cccc2N)cc1. The summed E-state index contributed by atoms with van der Waals surface area (Å²) in [6.07, 6.45) is 1.01. The third-order valence-electron chi connectivity index (χ3n) is 3.77. The molecule has 0 aliphatic heterocycles. The average molecular weight is 282 g/mol. The summed E-state index contributed by atoms with van der Waals surface area (Å²) in [5.74, 6) is -0.127. The summed E-state index contributed by atoms with van der Waals surface area (Å²) in [7, 11) is 0. The minimum atomic E-state index is -0.127. The molecule has 2 aromatic rings. The van der Waals surface area contributed by atoms with Crippen LogP contribution in [0.3, 0.4) is 0 Å². The van der Waals surface area contributed by atoms with E-state index in [-0.39, 0.29) is 11.9 Å². The van der Waals surface area contributed by atoms with Crippen molar-refractivity contribution in [3.63, 3.8) is 0 Å². The van der Waals surface area contributed by atoms with Crippen LogP contribution in [0.25, 0.3) is 0 Å². The number of hydrogen-bond donors (Lipinski definition) is 2. The highest BCUT2D eigenvalue weighted by molar-refractivity contribution is 6.00. The van der Waals surface area contributed by atoms with Crippen LogP contribution in [0.15, 0.2) is 42.5 Å². The van der Waals surface area contributed by atoms with Crippen LogP contribution in [0, 0.1) is 6.92 Å². The van der Waals surface area contributed by atoms with Crippen LogP contribution in [0.1, 0.15) is 46.9 Å². The second kappa shape index (κ2) is 6.44. The Hall–Kier alpha value is -2.29. The van der Waals surface area contributed by atoms with Crippen molar-refractivity contribution in [2.75, 3.05) is 5.73 Å². The lowest BCUT2D eigenvalue weighted by atomic mass is 10.0. The summed E-state index contributed by atoms with van der Waals surface area (Å²) < 4.78 is 0. The highest BCUT2D eigenvalue weighted by Crippen LogP contribution is 2.19. The third kappa shape index (κ3) is 3.43. The summed E-state index contributed by atoms with van der Waals surface area (Å²) in [4.78, 5) is 12.4. The highest BCUT2D eigenvalue weighted by atomic mass is 16.1. The Morgan fingerprint density at radius 1 is 1.19 bits per heavy atom. The topological polar surface area (TPSA) is 55.1 Å². The molecule has 0 aromatic heterocycles. The molecule has 21 heavy (non-hydrogen) atoms. The second-order valence-electron chi connectivity index (χ2n) is 5.33. The number of aryl methyl sites for hydroxylation is 2. The van der Waals surface area contributed by atoms with E-state index in [1.807, 2.05) is 26.0 Å². The summed E-state index contributed by atoms with van der Waals surface area (Å²) in [6, 6.07) is 13.8. The fraction of sp³-hybridized carbons (Fsp3) is 0.278. The molecule has 3 heteroatoms. The molecule has 0 saturated heterocycles. The van der Waals surface area contributed by atoms with Gasteiger partial charge in [0.05, 0.1) is 11.6 Å². The molecule has 3 nitrogen and oxygen atoms in total. The highest BCUT2D eigenvalue weighted by Gasteiger charge is 2.15. The minimum Gasteiger partial charge on any atom is -0.398 e. The maximum absolute atomic E-state index is 12.4. The third-order valence-corrected chi connectivity index (χ3v) is 3.77. The summed E-state index contributed by atoms with van der Waals surface area (Å²) >= 11 is 0. The van der Waals surface area contributed by atoms with Gasteiger partial charge in [-0.3, -0.25) is 4.79 Å². The first-order valence-electron chi connectivity index (χ1n) is 7.27.